The van der Waals surface area contributed by atoms with Crippen LogP contribution in [-0.4, -0.2) is 35.5 Å². The first-order chi connectivity index (χ1) is 13.3. The first kappa shape index (κ1) is 17.7. The number of hydrogen-bond donors (Lipinski definition) is 1. The number of amides is 1. The minimum absolute atomic E-state index is 0.00546. The minimum Gasteiger partial charge on any atom is -0.355 e. The molecule has 5 nitrogen and oxygen atoms in total. The van der Waals surface area contributed by atoms with Gasteiger partial charge >= 0.3 is 0 Å². The van der Waals surface area contributed by atoms with E-state index in [0.717, 1.165) is 62.4 Å². The molecule has 2 aromatic rings. The van der Waals surface area contributed by atoms with Crippen molar-refractivity contribution in [2.75, 3.05) is 24.5 Å². The van der Waals surface area contributed by atoms with Crippen molar-refractivity contribution in [3.8, 4) is 11.4 Å². The molecule has 4 rings (SSSR count). The molecule has 27 heavy (non-hydrogen) atoms. The fourth-order valence-corrected chi connectivity index (χ4v) is 4.09. The maximum atomic E-state index is 12.4. The highest BCUT2D eigenvalue weighted by Crippen LogP contribution is 2.33. The monoisotopic (exact) mass is 362 g/mol. The van der Waals surface area contributed by atoms with E-state index in [1.165, 1.54) is 11.3 Å². The van der Waals surface area contributed by atoms with E-state index in [4.69, 9.17) is 9.97 Å². The minimum atomic E-state index is 0.00546. The van der Waals surface area contributed by atoms with Crippen LogP contribution in [0.1, 0.15) is 30.5 Å². The van der Waals surface area contributed by atoms with E-state index in [2.05, 4.69) is 28.9 Å². The number of hydrogen-bond acceptors (Lipinski definition) is 4. The number of carbonyl (C=O) groups is 1. The number of benzene rings is 1. The van der Waals surface area contributed by atoms with Crippen molar-refractivity contribution in [2.24, 2.45) is 5.92 Å². The molecule has 2 heterocycles. The molecule has 0 bridgehead atoms. The molecule has 0 radical (unpaired) electrons. The molecule has 1 N–H and O–H groups in total. The third-order valence-electron chi connectivity index (χ3n) is 5.46. The normalized spacial score (nSPS) is 18.8. The van der Waals surface area contributed by atoms with Crippen molar-refractivity contribution >= 4 is 11.7 Å². The molecule has 1 saturated heterocycles. The van der Waals surface area contributed by atoms with E-state index in [1.54, 1.807) is 6.08 Å². The first-order valence-corrected chi connectivity index (χ1v) is 9.85. The first-order valence-electron chi connectivity index (χ1n) is 9.85. The van der Waals surface area contributed by atoms with Gasteiger partial charge in [-0.3, -0.25) is 4.79 Å². The number of anilines is 1. The number of nitrogens with one attached hydrogen (secondary N) is 1. The van der Waals surface area contributed by atoms with Gasteiger partial charge in [-0.05, 0) is 32.1 Å². The van der Waals surface area contributed by atoms with Crippen LogP contribution in [0.15, 0.2) is 43.0 Å². The van der Waals surface area contributed by atoms with Crippen LogP contribution in [0.5, 0.6) is 0 Å². The SMILES string of the molecule is C=CCNC(=O)[C@@H]1CCCN(c2nc(-c3ccccc3)nc3c2CCC3)C1. The third kappa shape index (κ3) is 3.72. The number of rotatable bonds is 5. The molecule has 0 saturated carbocycles. The zero-order valence-electron chi connectivity index (χ0n) is 15.7. The Bertz CT molecular complexity index is 834. The summed E-state index contributed by atoms with van der Waals surface area (Å²) < 4.78 is 0. The average molecular weight is 362 g/mol. The van der Waals surface area contributed by atoms with Gasteiger partial charge in [0.25, 0.3) is 0 Å². The third-order valence-corrected chi connectivity index (χ3v) is 5.46. The van der Waals surface area contributed by atoms with E-state index in [-0.39, 0.29) is 11.8 Å². The maximum absolute atomic E-state index is 12.4. The number of aromatic nitrogens is 2. The smallest absolute Gasteiger partial charge is 0.225 e. The predicted molar refractivity (Wildman–Crippen MR) is 108 cm³/mol. The molecule has 1 aliphatic heterocycles. The summed E-state index contributed by atoms with van der Waals surface area (Å²) in [5, 5.41) is 2.95. The maximum Gasteiger partial charge on any atom is 0.225 e. The van der Waals surface area contributed by atoms with E-state index in [0.29, 0.717) is 6.54 Å². The molecular weight excluding hydrogens is 336 g/mol. The van der Waals surface area contributed by atoms with E-state index < -0.39 is 0 Å². The van der Waals surface area contributed by atoms with Gasteiger partial charge in [0, 0.05) is 36.5 Å². The molecule has 1 aromatic heterocycles. The lowest BCUT2D eigenvalue weighted by atomic mass is 9.96. The largest absolute Gasteiger partial charge is 0.355 e. The van der Waals surface area contributed by atoms with Crippen LogP contribution in [0.25, 0.3) is 11.4 Å². The fraction of sp³-hybridized carbons (Fsp3) is 0.409. The van der Waals surface area contributed by atoms with Gasteiger partial charge in [0.15, 0.2) is 5.82 Å². The predicted octanol–water partition coefficient (Wildman–Crippen LogP) is 3.15. The van der Waals surface area contributed by atoms with Crippen LogP contribution < -0.4 is 10.2 Å². The van der Waals surface area contributed by atoms with Gasteiger partial charge in [0.2, 0.25) is 5.91 Å². The fourth-order valence-electron chi connectivity index (χ4n) is 4.09. The number of aryl methyl sites for hydroxylation is 1. The van der Waals surface area contributed by atoms with Crippen molar-refractivity contribution < 1.29 is 4.79 Å². The number of piperidine rings is 1. The van der Waals surface area contributed by atoms with Gasteiger partial charge < -0.3 is 10.2 Å². The topological polar surface area (TPSA) is 58.1 Å². The van der Waals surface area contributed by atoms with Gasteiger partial charge in [-0.25, -0.2) is 9.97 Å². The quantitative estimate of drug-likeness (QED) is 0.830. The molecule has 140 valence electrons. The summed E-state index contributed by atoms with van der Waals surface area (Å²) >= 11 is 0. The number of fused-ring (bicyclic) bond motifs is 1. The second-order valence-corrected chi connectivity index (χ2v) is 7.33. The van der Waals surface area contributed by atoms with Crippen molar-refractivity contribution in [2.45, 2.75) is 32.1 Å². The van der Waals surface area contributed by atoms with Crippen molar-refractivity contribution in [3.05, 3.63) is 54.2 Å². The zero-order chi connectivity index (χ0) is 18.6. The van der Waals surface area contributed by atoms with Gasteiger partial charge in [-0.2, -0.15) is 0 Å². The Hall–Kier alpha value is -2.69. The molecule has 0 unspecified atom stereocenters. The van der Waals surface area contributed by atoms with Crippen LogP contribution >= 0.6 is 0 Å². The molecule has 1 fully saturated rings. The summed E-state index contributed by atoms with van der Waals surface area (Å²) in [5.41, 5.74) is 3.50. The summed E-state index contributed by atoms with van der Waals surface area (Å²) in [4.78, 5) is 24.5. The van der Waals surface area contributed by atoms with Crippen LogP contribution in [0.4, 0.5) is 5.82 Å². The lowest BCUT2D eigenvalue weighted by molar-refractivity contribution is -0.125. The molecule has 1 aromatic carbocycles. The highest BCUT2D eigenvalue weighted by atomic mass is 16.1. The van der Waals surface area contributed by atoms with Crippen molar-refractivity contribution in [1.82, 2.24) is 15.3 Å². The van der Waals surface area contributed by atoms with Gasteiger partial charge in [-0.15, -0.1) is 6.58 Å². The summed E-state index contributed by atoms with van der Waals surface area (Å²) in [6, 6.07) is 10.2. The average Bonchev–Trinajstić information content (AvgIpc) is 3.20. The highest BCUT2D eigenvalue weighted by molar-refractivity contribution is 5.79. The van der Waals surface area contributed by atoms with Crippen LogP contribution in [0.2, 0.25) is 0 Å². The highest BCUT2D eigenvalue weighted by Gasteiger charge is 2.30. The molecule has 1 amide bonds. The van der Waals surface area contributed by atoms with Gasteiger partial charge in [0.1, 0.15) is 5.82 Å². The lowest BCUT2D eigenvalue weighted by Crippen LogP contribution is -2.43. The van der Waals surface area contributed by atoms with Crippen LogP contribution in [0, 0.1) is 5.92 Å². The lowest BCUT2D eigenvalue weighted by Gasteiger charge is -2.34. The van der Waals surface area contributed by atoms with E-state index in [1.807, 2.05) is 18.2 Å². The summed E-state index contributed by atoms with van der Waals surface area (Å²) in [5.74, 6) is 1.96. The summed E-state index contributed by atoms with van der Waals surface area (Å²) in [7, 11) is 0. The Labute approximate surface area is 160 Å². The molecule has 5 heteroatoms. The van der Waals surface area contributed by atoms with Crippen LogP contribution in [-0.2, 0) is 17.6 Å². The second kappa shape index (κ2) is 7.91. The molecular formula is C22H26N4O. The zero-order valence-corrected chi connectivity index (χ0v) is 15.7. The van der Waals surface area contributed by atoms with Crippen molar-refractivity contribution in [3.63, 3.8) is 0 Å². The van der Waals surface area contributed by atoms with E-state index in [9.17, 15) is 4.79 Å². The van der Waals surface area contributed by atoms with Gasteiger partial charge in [-0.1, -0.05) is 36.4 Å². The molecule has 1 atom stereocenters. The molecule has 0 spiro atoms. The molecule has 2 aliphatic rings. The van der Waals surface area contributed by atoms with Crippen molar-refractivity contribution in [1.29, 1.82) is 0 Å². The number of nitrogens with zero attached hydrogens (tertiary/aromatic N) is 3. The Balaban J connectivity index is 1.63. The Morgan fingerprint density at radius 1 is 1.22 bits per heavy atom. The van der Waals surface area contributed by atoms with E-state index >= 15 is 0 Å². The Kier molecular flexibility index (Phi) is 5.19. The summed E-state index contributed by atoms with van der Waals surface area (Å²) in [6.07, 6.45) is 6.84. The van der Waals surface area contributed by atoms with Crippen LogP contribution in [0.3, 0.4) is 0 Å². The molecule has 1 aliphatic carbocycles. The standard InChI is InChI=1S/C22H26N4O/c1-2-13-23-22(27)17-10-7-14-26(15-17)21-18-11-6-12-19(18)24-20(25-21)16-8-4-3-5-9-16/h2-5,8-9,17H,1,6-7,10-15H2,(H,23,27)/t17-/m1/s1. The second-order valence-electron chi connectivity index (χ2n) is 7.33. The summed E-state index contributed by atoms with van der Waals surface area (Å²) in [6.45, 7) is 5.87. The Morgan fingerprint density at radius 2 is 2.07 bits per heavy atom. The number of carbonyl (C=O) groups excluding carboxylic acids is 1. The van der Waals surface area contributed by atoms with Gasteiger partial charge in [0.05, 0.1) is 5.92 Å². The Morgan fingerprint density at radius 3 is 2.89 bits per heavy atom.